The third kappa shape index (κ3) is 25.1. The molecule has 39 nitrogen and oxygen atoms in total. The van der Waals surface area contributed by atoms with E-state index in [4.69, 9.17) is 26.0 Å². The normalized spacial score (nSPS) is 21.3. The Morgan fingerprint density at radius 3 is 2.06 bits per heavy atom. The van der Waals surface area contributed by atoms with Gasteiger partial charge in [-0.05, 0) is 60.1 Å². The first kappa shape index (κ1) is 85.1. The average Bonchev–Trinajstić information content (AvgIpc) is 1.65. The summed E-state index contributed by atoms with van der Waals surface area (Å²) in [6.45, 7) is 4.60. The van der Waals surface area contributed by atoms with E-state index in [-0.39, 0.29) is 73.0 Å². The number of carboxylic acids is 1. The van der Waals surface area contributed by atoms with Gasteiger partial charge in [0.25, 0.3) is 0 Å². The van der Waals surface area contributed by atoms with Gasteiger partial charge in [0.15, 0.2) is 0 Å². The number of amides is 16. The van der Waals surface area contributed by atoms with Crippen LogP contribution in [0.5, 0.6) is 5.75 Å². The van der Waals surface area contributed by atoms with E-state index in [0.29, 0.717) is 17.4 Å². The van der Waals surface area contributed by atoms with Gasteiger partial charge in [0.05, 0.1) is 55.3 Å². The largest absolute Gasteiger partial charge is 0.481 e. The highest BCUT2D eigenvalue weighted by molar-refractivity contribution is 7.99. The number of carbonyl (C=O) groups is 16. The van der Waals surface area contributed by atoms with Gasteiger partial charge in [-0.2, -0.15) is 0 Å². The number of nitrogens with zero attached hydrogens (tertiary/aromatic N) is 3. The van der Waals surface area contributed by atoms with Gasteiger partial charge < -0.3 is 120 Å². The van der Waals surface area contributed by atoms with Crippen molar-refractivity contribution in [1.29, 1.82) is 0 Å². The Labute approximate surface area is 618 Å². The molecule has 40 heteroatoms. The Kier molecular flexibility index (Phi) is 31.8. The standard InChI is InChI=1S/C67H95N17O22S/c1-8-33(4)54-60(98)72-26-50(90)74-45-31-107-63-40(24-43(56(94)71-27-51(91)80-54)76-62(100)55(34(5)47(87)29-85)81-59(97)46-22-37(86)28-84(46)64(101)44(25-48(68)88)77-58(45)96)39-16-15-38(23-42(39)78-63)106-67(104)83(7)21-20-82(6)66(103)105-30-35-11-13-36(14-12-35)73-57(95)41(10-9-19-70-65(69)102)75-61(99)53(32(2)3)79-49(89)17-18-52(92)93/h11-16,23,32-34,37,41,43-47,53-55,78,85-87H,8-10,17-22,24-31H2,1-7H3,(H2,68,88)(H,71,94)(H,72,98)(H,73,95)(H,74,90)(H,75,99)(H,76,100)(H,77,96)(H,79,89)(H,80,91)(H,81,97)(H,92,93)(H3,69,70,102)/t33-,34-,37+,41-,43-,44-,45-,46-,47-,53-,54-,55-/m0/s1. The highest BCUT2D eigenvalue weighted by atomic mass is 32.2. The number of nitrogens with one attached hydrogen (secondary N) is 12. The third-order valence-electron chi connectivity index (χ3n) is 18.0. The Morgan fingerprint density at radius 2 is 1.42 bits per heavy atom. The molecule has 6 rings (SSSR count). The molecule has 107 heavy (non-hydrogen) atoms. The smallest absolute Gasteiger partial charge is 0.415 e. The lowest BCUT2D eigenvalue weighted by molar-refractivity contribution is -0.144. The summed E-state index contributed by atoms with van der Waals surface area (Å²) >= 11 is 0.862. The number of anilines is 1. The fraction of sp³-hybridized carbons (Fsp3) is 0.552. The number of benzene rings is 2. The number of aliphatic hydroxyl groups excluding tert-OH is 3. The van der Waals surface area contributed by atoms with Gasteiger partial charge in [0.1, 0.15) is 60.7 Å². The number of likely N-dealkylation sites (N-methyl/N-ethyl adjacent to an activating group) is 2. The third-order valence-corrected chi connectivity index (χ3v) is 19.1. The number of fused-ring (bicyclic) bond motifs is 5. The van der Waals surface area contributed by atoms with Crippen molar-refractivity contribution in [3.8, 4) is 5.75 Å². The zero-order chi connectivity index (χ0) is 79.1. The minimum Gasteiger partial charge on any atom is -0.481 e. The van der Waals surface area contributed by atoms with E-state index in [9.17, 15) is 92.0 Å². The summed E-state index contributed by atoms with van der Waals surface area (Å²) in [5.74, 6) is -15.3. The number of aliphatic hydroxyl groups is 3. The second-order valence-corrected chi connectivity index (χ2v) is 27.6. The van der Waals surface area contributed by atoms with E-state index in [1.165, 1.54) is 56.3 Å². The molecule has 3 aliphatic heterocycles. The van der Waals surface area contributed by atoms with Crippen molar-refractivity contribution in [2.45, 2.75) is 158 Å². The van der Waals surface area contributed by atoms with Crippen LogP contribution in [-0.4, -0.2) is 261 Å². The molecule has 0 unspecified atom stereocenters. The maximum Gasteiger partial charge on any atom is 0.415 e. The molecule has 586 valence electrons. The Balaban J connectivity index is 1.23. The number of aromatic amines is 1. The first-order valence-electron chi connectivity index (χ1n) is 34.5. The zero-order valence-electron chi connectivity index (χ0n) is 60.1. The monoisotopic (exact) mass is 1520 g/mol. The molecule has 3 aliphatic rings. The average molecular weight is 1520 g/mol. The minimum atomic E-state index is -1.85. The quantitative estimate of drug-likeness (QED) is 0.0340. The summed E-state index contributed by atoms with van der Waals surface area (Å²) < 4.78 is 11.3. The van der Waals surface area contributed by atoms with Crippen LogP contribution < -0.4 is 74.7 Å². The van der Waals surface area contributed by atoms with Crippen LogP contribution in [0.2, 0.25) is 0 Å². The summed E-state index contributed by atoms with van der Waals surface area (Å²) in [5, 5.41) is 69.2. The molecular formula is C67H95N17O22S. The predicted molar refractivity (Wildman–Crippen MR) is 379 cm³/mol. The first-order chi connectivity index (χ1) is 50.6. The zero-order valence-corrected chi connectivity index (χ0v) is 60.9. The molecule has 0 aliphatic carbocycles. The van der Waals surface area contributed by atoms with Crippen molar-refractivity contribution in [3.05, 3.63) is 53.6 Å². The number of primary amides is 2. The van der Waals surface area contributed by atoms with E-state index in [0.717, 1.165) is 21.6 Å². The second-order valence-electron chi connectivity index (χ2n) is 26.6. The van der Waals surface area contributed by atoms with Gasteiger partial charge in [0, 0.05) is 88.3 Å². The Hall–Kier alpha value is -10.9. The number of hydrogen-bond donors (Lipinski definition) is 18. The molecule has 1 aromatic heterocycles. The maximum absolute atomic E-state index is 14.8. The topological polar surface area (TPSA) is 582 Å². The van der Waals surface area contributed by atoms with Gasteiger partial charge in [-0.3, -0.25) is 62.3 Å². The molecule has 16 amide bonds. The number of carboxylic acid groups (broad SMARTS) is 1. The molecule has 20 N–H and O–H groups in total. The van der Waals surface area contributed by atoms with Crippen molar-refractivity contribution in [3.63, 3.8) is 0 Å². The van der Waals surface area contributed by atoms with Crippen molar-refractivity contribution >= 4 is 123 Å². The SMILES string of the molecule is CC[C@H](C)[C@@H]1NC(=O)CNC(=O)[C@@H]2Cc3c([nH]c4cc(OC(=O)N(C)CCN(C)C(=O)OCc5ccc(NC(=O)[C@H](CCCNC(N)=O)NC(=O)[C@@H](NC(=O)CCC(=O)O)C(C)C)cc5)ccc34)SC[C@H](NC(=O)CNC1=O)C(=O)N[C@@H](CC(N)=O)C(=O)N1C[C@H](O)C[C@H]1C(=O)N[C@@H]([C@@H](C)[C@@H](O)CO)C(=O)N2. The van der Waals surface area contributed by atoms with Crippen LogP contribution in [0.4, 0.5) is 20.1 Å². The summed E-state index contributed by atoms with van der Waals surface area (Å²) in [7, 11) is 2.80. The van der Waals surface area contributed by atoms with E-state index in [2.05, 4.69) is 63.5 Å². The lowest BCUT2D eigenvalue weighted by atomic mass is 9.93. The summed E-state index contributed by atoms with van der Waals surface area (Å²) in [6.07, 6.45) is -6.85. The highest BCUT2D eigenvalue weighted by Crippen LogP contribution is 2.34. The van der Waals surface area contributed by atoms with Gasteiger partial charge in [0.2, 0.25) is 70.9 Å². The van der Waals surface area contributed by atoms with Gasteiger partial charge >= 0.3 is 24.2 Å². The lowest BCUT2D eigenvalue weighted by Crippen LogP contribution is -2.62. The van der Waals surface area contributed by atoms with Gasteiger partial charge in [-0.15, -0.1) is 11.8 Å². The number of H-pyrrole nitrogens is 1. The van der Waals surface area contributed by atoms with Crippen LogP contribution in [0.1, 0.15) is 90.7 Å². The fourth-order valence-corrected chi connectivity index (χ4v) is 12.6. The van der Waals surface area contributed by atoms with E-state index in [1.807, 2.05) is 0 Å². The molecule has 0 radical (unpaired) electrons. The number of hydrogen-bond acceptors (Lipinski definition) is 22. The van der Waals surface area contributed by atoms with Crippen LogP contribution in [0.25, 0.3) is 10.9 Å². The van der Waals surface area contributed by atoms with Crippen molar-refractivity contribution in [1.82, 2.24) is 72.9 Å². The molecule has 1 saturated heterocycles. The molecule has 2 bridgehead atoms. The number of urea groups is 1. The lowest BCUT2D eigenvalue weighted by Gasteiger charge is -2.32. The van der Waals surface area contributed by atoms with Gasteiger partial charge in [-0.1, -0.05) is 53.2 Å². The van der Waals surface area contributed by atoms with Crippen LogP contribution in [0.15, 0.2) is 47.5 Å². The van der Waals surface area contributed by atoms with Crippen LogP contribution in [-0.2, 0) is 80.1 Å². The molecular weight excluding hydrogens is 1430 g/mol. The van der Waals surface area contributed by atoms with E-state index >= 15 is 0 Å². The predicted octanol–water partition coefficient (Wildman–Crippen LogP) is -4.06. The van der Waals surface area contributed by atoms with Crippen molar-refractivity contribution in [2.75, 3.05) is 71.0 Å². The Morgan fingerprint density at radius 1 is 0.757 bits per heavy atom. The molecule has 0 saturated carbocycles. The summed E-state index contributed by atoms with van der Waals surface area (Å²) in [5.41, 5.74) is 12.0. The van der Waals surface area contributed by atoms with E-state index < -0.39 is 231 Å². The second kappa shape index (κ2) is 40.0. The number of nitrogens with two attached hydrogens (primary N) is 2. The molecule has 0 spiro atoms. The number of aromatic nitrogens is 1. The summed E-state index contributed by atoms with van der Waals surface area (Å²) in [6, 6.07) is -2.64. The molecule has 2 aromatic carbocycles. The molecule has 1 fully saturated rings. The van der Waals surface area contributed by atoms with Crippen molar-refractivity contribution in [2.24, 2.45) is 29.2 Å². The number of carbonyl (C=O) groups excluding carboxylic acids is 15. The van der Waals surface area contributed by atoms with Gasteiger partial charge in [-0.25, -0.2) is 14.4 Å². The first-order valence-corrected chi connectivity index (χ1v) is 35.5. The number of rotatable bonds is 26. The van der Waals surface area contributed by atoms with Crippen molar-refractivity contribution < 1.29 is 107 Å². The fourth-order valence-electron chi connectivity index (χ4n) is 11.5. The maximum atomic E-state index is 14.8. The van der Waals surface area contributed by atoms with Crippen LogP contribution in [0, 0.1) is 17.8 Å². The van der Waals surface area contributed by atoms with E-state index in [1.54, 1.807) is 39.8 Å². The number of thioether (sulfide) groups is 1. The Bertz CT molecular complexity index is 3790. The number of aliphatic carboxylic acids is 1. The minimum absolute atomic E-state index is 0.0219. The van der Waals surface area contributed by atoms with Crippen LogP contribution in [0.3, 0.4) is 0 Å². The van der Waals surface area contributed by atoms with Crippen LogP contribution >= 0.6 is 11.8 Å². The molecule has 12 atom stereocenters. The highest BCUT2D eigenvalue weighted by Gasteiger charge is 2.45. The molecule has 4 heterocycles. The number of ether oxygens (including phenoxy) is 2. The summed E-state index contributed by atoms with van der Waals surface area (Å²) in [4.78, 5) is 222. The molecule has 3 aromatic rings.